The topological polar surface area (TPSA) is 105 Å². The second kappa shape index (κ2) is 14.4. The van der Waals surface area contributed by atoms with Crippen LogP contribution in [0.3, 0.4) is 0 Å². The van der Waals surface area contributed by atoms with Crippen LogP contribution in [0.25, 0.3) is 0 Å². The maximum atomic E-state index is 14.0. The van der Waals surface area contributed by atoms with Gasteiger partial charge in [-0.2, -0.15) is 0 Å². The predicted octanol–water partition coefficient (Wildman–Crippen LogP) is 4.99. The molecule has 41 heavy (non-hydrogen) atoms. The van der Waals surface area contributed by atoms with Gasteiger partial charge in [-0.1, -0.05) is 53.2 Å². The van der Waals surface area contributed by atoms with Crippen molar-refractivity contribution in [2.24, 2.45) is 0 Å². The van der Waals surface area contributed by atoms with Gasteiger partial charge >= 0.3 is 0 Å². The molecule has 0 saturated heterocycles. The molecule has 0 saturated carbocycles. The summed E-state index contributed by atoms with van der Waals surface area (Å²) >= 11 is 3.42. The number of nitrogens with one attached hydrogen (secondary N) is 1. The Hall–Kier alpha value is -3.57. The van der Waals surface area contributed by atoms with Gasteiger partial charge in [0.15, 0.2) is 11.5 Å². The molecule has 1 N–H and O–H groups in total. The van der Waals surface area contributed by atoms with Crippen LogP contribution in [0.2, 0.25) is 0 Å². The van der Waals surface area contributed by atoms with E-state index in [0.717, 1.165) is 20.8 Å². The van der Waals surface area contributed by atoms with E-state index in [1.807, 2.05) is 38.1 Å². The van der Waals surface area contributed by atoms with Gasteiger partial charge in [-0.3, -0.25) is 13.9 Å². The van der Waals surface area contributed by atoms with E-state index >= 15 is 0 Å². The summed E-state index contributed by atoms with van der Waals surface area (Å²) in [4.78, 5) is 28.6. The number of benzene rings is 3. The van der Waals surface area contributed by atoms with Crippen molar-refractivity contribution in [1.82, 2.24) is 10.2 Å². The number of amides is 2. The Morgan fingerprint density at radius 2 is 1.56 bits per heavy atom. The highest BCUT2D eigenvalue weighted by Crippen LogP contribution is 2.34. The third kappa shape index (κ3) is 8.01. The molecule has 220 valence electrons. The van der Waals surface area contributed by atoms with E-state index in [4.69, 9.17) is 9.47 Å². The van der Waals surface area contributed by atoms with Gasteiger partial charge < -0.3 is 19.7 Å². The van der Waals surface area contributed by atoms with Crippen LogP contribution in [-0.2, 0) is 26.2 Å². The molecule has 0 aliphatic carbocycles. The minimum absolute atomic E-state index is 0.0182. The SMILES string of the molecule is CC[C@H](C)NC(=O)[C@H](C)N(Cc1ccc(Br)cc1)C(=O)CN(c1ccc(OC)c(OC)c1)S(=O)(=O)c1ccccc1. The average molecular weight is 647 g/mol. The molecule has 2 amide bonds. The van der Waals surface area contributed by atoms with Gasteiger partial charge in [0.2, 0.25) is 11.8 Å². The van der Waals surface area contributed by atoms with E-state index in [0.29, 0.717) is 11.5 Å². The maximum Gasteiger partial charge on any atom is 0.264 e. The summed E-state index contributed by atoms with van der Waals surface area (Å²) in [5.41, 5.74) is 0.994. The lowest BCUT2D eigenvalue weighted by Crippen LogP contribution is -2.52. The molecule has 2 atom stereocenters. The molecule has 3 aromatic carbocycles. The Bertz CT molecular complexity index is 1430. The molecule has 0 unspecified atom stereocenters. The van der Waals surface area contributed by atoms with Crippen LogP contribution >= 0.6 is 15.9 Å². The minimum Gasteiger partial charge on any atom is -0.493 e. The zero-order valence-corrected chi connectivity index (χ0v) is 26.2. The molecule has 0 aromatic heterocycles. The number of hydrogen-bond acceptors (Lipinski definition) is 6. The Kier molecular flexibility index (Phi) is 11.2. The van der Waals surface area contributed by atoms with Crippen molar-refractivity contribution in [3.8, 4) is 11.5 Å². The van der Waals surface area contributed by atoms with Crippen LogP contribution in [0.5, 0.6) is 11.5 Å². The fourth-order valence-corrected chi connectivity index (χ4v) is 5.75. The highest BCUT2D eigenvalue weighted by atomic mass is 79.9. The molecule has 0 heterocycles. The van der Waals surface area contributed by atoms with Crippen molar-refractivity contribution in [3.63, 3.8) is 0 Å². The second-order valence-electron chi connectivity index (χ2n) is 9.51. The lowest BCUT2D eigenvalue weighted by atomic mass is 10.1. The molecule has 9 nitrogen and oxygen atoms in total. The van der Waals surface area contributed by atoms with Crippen LogP contribution in [0.15, 0.2) is 82.2 Å². The normalized spacial score (nSPS) is 12.6. The smallest absolute Gasteiger partial charge is 0.264 e. The third-order valence-electron chi connectivity index (χ3n) is 6.70. The maximum absolute atomic E-state index is 14.0. The first kappa shape index (κ1) is 32.0. The molecule has 11 heteroatoms. The van der Waals surface area contributed by atoms with Crippen molar-refractivity contribution in [2.75, 3.05) is 25.1 Å². The minimum atomic E-state index is -4.19. The van der Waals surface area contributed by atoms with E-state index in [9.17, 15) is 18.0 Å². The largest absolute Gasteiger partial charge is 0.493 e. The summed E-state index contributed by atoms with van der Waals surface area (Å²) in [5.74, 6) is -0.159. The Morgan fingerprint density at radius 3 is 2.15 bits per heavy atom. The van der Waals surface area contributed by atoms with Crippen LogP contribution in [0, 0.1) is 0 Å². The standard InChI is InChI=1S/C30H36BrN3O6S/c1-6-21(2)32-30(36)22(3)33(19-23-12-14-24(31)15-13-23)29(35)20-34(41(37,38)26-10-8-7-9-11-26)25-16-17-27(39-4)28(18-25)40-5/h7-18,21-22H,6,19-20H2,1-5H3,(H,32,36)/t21-,22-/m0/s1. The van der Waals surface area contributed by atoms with E-state index in [2.05, 4.69) is 21.2 Å². The molecule has 0 fully saturated rings. The number of ether oxygens (including phenoxy) is 2. The fraction of sp³-hybridized carbons (Fsp3) is 0.333. The van der Waals surface area contributed by atoms with Crippen LogP contribution in [0.1, 0.15) is 32.8 Å². The average Bonchev–Trinajstić information content (AvgIpc) is 2.98. The lowest BCUT2D eigenvalue weighted by Gasteiger charge is -2.32. The molecule has 0 aliphatic heterocycles. The van der Waals surface area contributed by atoms with Gasteiger partial charge in [-0.05, 0) is 62.2 Å². The van der Waals surface area contributed by atoms with Crippen LogP contribution in [0.4, 0.5) is 5.69 Å². The quantitative estimate of drug-likeness (QED) is 0.281. The fourth-order valence-electron chi connectivity index (χ4n) is 4.06. The number of carbonyl (C=O) groups excluding carboxylic acids is 2. The molecule has 3 aromatic rings. The summed E-state index contributed by atoms with van der Waals surface area (Å²) in [7, 11) is -1.27. The summed E-state index contributed by atoms with van der Waals surface area (Å²) in [6.07, 6.45) is 0.724. The van der Waals surface area contributed by atoms with Gasteiger partial charge in [-0.25, -0.2) is 8.42 Å². The molecule has 0 bridgehead atoms. The monoisotopic (exact) mass is 645 g/mol. The first-order chi connectivity index (χ1) is 19.5. The molecule has 3 rings (SSSR count). The van der Waals surface area contributed by atoms with Crippen molar-refractivity contribution in [3.05, 3.63) is 82.8 Å². The number of halogens is 1. The zero-order valence-electron chi connectivity index (χ0n) is 23.8. The van der Waals surface area contributed by atoms with E-state index in [1.54, 1.807) is 37.3 Å². The number of methoxy groups -OCH3 is 2. The van der Waals surface area contributed by atoms with Crippen molar-refractivity contribution in [1.29, 1.82) is 0 Å². The molecule has 0 aliphatic rings. The van der Waals surface area contributed by atoms with Gasteiger partial charge in [0.05, 0.1) is 24.8 Å². The summed E-state index contributed by atoms with van der Waals surface area (Å²) in [6.45, 7) is 5.03. The third-order valence-corrected chi connectivity index (χ3v) is 9.02. The number of sulfonamides is 1. The molecule has 0 radical (unpaired) electrons. The molecular formula is C30H36BrN3O6S. The number of carbonyl (C=O) groups is 2. The Labute approximate surface area is 250 Å². The van der Waals surface area contributed by atoms with Gasteiger partial charge in [0.25, 0.3) is 10.0 Å². The summed E-state index contributed by atoms with van der Waals surface area (Å²) in [6, 6.07) is 18.9. The summed E-state index contributed by atoms with van der Waals surface area (Å²) < 4.78 is 40.5. The van der Waals surface area contributed by atoms with Gasteiger partial charge in [0.1, 0.15) is 12.6 Å². The second-order valence-corrected chi connectivity index (χ2v) is 12.3. The van der Waals surface area contributed by atoms with Crippen LogP contribution in [-0.4, -0.2) is 58.0 Å². The van der Waals surface area contributed by atoms with Crippen molar-refractivity contribution in [2.45, 2.75) is 50.7 Å². The number of anilines is 1. The number of rotatable bonds is 13. The van der Waals surface area contributed by atoms with Gasteiger partial charge in [0, 0.05) is 23.1 Å². The molecule has 0 spiro atoms. The number of nitrogens with zero attached hydrogens (tertiary/aromatic N) is 2. The van der Waals surface area contributed by atoms with Crippen molar-refractivity contribution >= 4 is 43.5 Å². The lowest BCUT2D eigenvalue weighted by molar-refractivity contribution is -0.139. The van der Waals surface area contributed by atoms with E-state index < -0.39 is 28.5 Å². The highest BCUT2D eigenvalue weighted by Gasteiger charge is 2.33. The Balaban J connectivity index is 2.06. The molecular weight excluding hydrogens is 610 g/mol. The number of hydrogen-bond donors (Lipinski definition) is 1. The van der Waals surface area contributed by atoms with Crippen molar-refractivity contribution < 1.29 is 27.5 Å². The van der Waals surface area contributed by atoms with E-state index in [-0.39, 0.29) is 29.1 Å². The summed E-state index contributed by atoms with van der Waals surface area (Å²) in [5, 5.41) is 2.93. The Morgan fingerprint density at radius 1 is 0.927 bits per heavy atom. The zero-order chi connectivity index (χ0) is 30.2. The highest BCUT2D eigenvalue weighted by molar-refractivity contribution is 9.10. The first-order valence-electron chi connectivity index (χ1n) is 13.2. The van der Waals surface area contributed by atoms with Crippen LogP contribution < -0.4 is 19.1 Å². The van der Waals surface area contributed by atoms with Gasteiger partial charge in [-0.15, -0.1) is 0 Å². The van der Waals surface area contributed by atoms with E-state index in [1.165, 1.54) is 37.3 Å². The first-order valence-corrected chi connectivity index (χ1v) is 15.4. The predicted molar refractivity (Wildman–Crippen MR) is 163 cm³/mol.